The van der Waals surface area contributed by atoms with Crippen molar-refractivity contribution in [3.8, 4) is 0 Å². The number of carbonyl (C=O) groups excluding carboxylic acids is 1. The number of nitrogens with zero attached hydrogens (tertiary/aromatic N) is 2. The molecule has 1 fully saturated rings. The van der Waals surface area contributed by atoms with Crippen LogP contribution in [0.25, 0.3) is 0 Å². The van der Waals surface area contributed by atoms with E-state index < -0.39 is 17.3 Å². The van der Waals surface area contributed by atoms with Crippen LogP contribution in [-0.2, 0) is 17.3 Å². The molecule has 4 nitrogen and oxygen atoms in total. The van der Waals surface area contributed by atoms with Gasteiger partial charge in [-0.1, -0.05) is 42.5 Å². The van der Waals surface area contributed by atoms with Gasteiger partial charge >= 0.3 is 12.3 Å². The lowest BCUT2D eigenvalue weighted by Crippen LogP contribution is -2.55. The summed E-state index contributed by atoms with van der Waals surface area (Å²) in [4.78, 5) is 16.5. The molecule has 32 heavy (non-hydrogen) atoms. The van der Waals surface area contributed by atoms with E-state index in [1.54, 1.807) is 17.0 Å². The lowest BCUT2D eigenvalue weighted by Gasteiger charge is -2.44. The highest BCUT2D eigenvalue weighted by Gasteiger charge is 2.35. The largest absolute Gasteiger partial charge is 0.444 e. The number of hydrogen-bond donors (Lipinski definition) is 0. The van der Waals surface area contributed by atoms with Gasteiger partial charge in [0.1, 0.15) is 5.60 Å². The smallest absolute Gasteiger partial charge is 0.416 e. The Morgan fingerprint density at radius 3 is 2.19 bits per heavy atom. The van der Waals surface area contributed by atoms with E-state index in [9.17, 15) is 18.0 Å². The highest BCUT2D eigenvalue weighted by molar-refractivity contribution is 5.68. The molecule has 2 aromatic carbocycles. The van der Waals surface area contributed by atoms with Gasteiger partial charge in [0.15, 0.2) is 0 Å². The van der Waals surface area contributed by atoms with Gasteiger partial charge in [-0.3, -0.25) is 4.90 Å². The lowest BCUT2D eigenvalue weighted by molar-refractivity contribution is -0.137. The summed E-state index contributed by atoms with van der Waals surface area (Å²) in [5.41, 5.74) is 0.731. The summed E-state index contributed by atoms with van der Waals surface area (Å²) >= 11 is 0. The van der Waals surface area contributed by atoms with E-state index in [0.717, 1.165) is 23.3 Å². The molecule has 2 aromatic rings. The first kappa shape index (κ1) is 24.1. The number of benzene rings is 2. The summed E-state index contributed by atoms with van der Waals surface area (Å²) in [5.74, 6) is 0. The van der Waals surface area contributed by atoms with Crippen LogP contribution in [0.3, 0.4) is 0 Å². The van der Waals surface area contributed by atoms with Gasteiger partial charge in [-0.15, -0.1) is 0 Å². The van der Waals surface area contributed by atoms with E-state index in [0.29, 0.717) is 26.1 Å². The van der Waals surface area contributed by atoms with Crippen molar-refractivity contribution >= 4 is 6.09 Å². The number of hydrogen-bond acceptors (Lipinski definition) is 3. The SMILES string of the molecule is C[C@H]1CN(C(=O)OC(C)(C)C)CCN1[C@H](Cc1ccccc1)c1ccc(C(F)(F)F)cc1. The van der Waals surface area contributed by atoms with Crippen LogP contribution in [0, 0.1) is 0 Å². The molecule has 174 valence electrons. The molecule has 1 heterocycles. The fourth-order valence-corrected chi connectivity index (χ4v) is 4.09. The van der Waals surface area contributed by atoms with Crippen LogP contribution in [0.2, 0.25) is 0 Å². The molecule has 1 aliphatic rings. The molecule has 0 unspecified atom stereocenters. The predicted octanol–water partition coefficient (Wildman–Crippen LogP) is 5.93. The zero-order valence-electron chi connectivity index (χ0n) is 19.0. The zero-order valence-corrected chi connectivity index (χ0v) is 19.0. The van der Waals surface area contributed by atoms with Gasteiger partial charge in [-0.05, 0) is 57.4 Å². The minimum Gasteiger partial charge on any atom is -0.444 e. The maximum absolute atomic E-state index is 13.1. The van der Waals surface area contributed by atoms with Crippen LogP contribution in [0.15, 0.2) is 54.6 Å². The molecule has 1 amide bonds. The fraction of sp³-hybridized carbons (Fsp3) is 0.480. The second-order valence-corrected chi connectivity index (χ2v) is 9.34. The quantitative estimate of drug-likeness (QED) is 0.581. The average molecular weight is 449 g/mol. The van der Waals surface area contributed by atoms with Crippen LogP contribution in [0.5, 0.6) is 0 Å². The number of amides is 1. The predicted molar refractivity (Wildman–Crippen MR) is 118 cm³/mol. The van der Waals surface area contributed by atoms with Crippen molar-refractivity contribution in [1.29, 1.82) is 0 Å². The average Bonchev–Trinajstić information content (AvgIpc) is 2.71. The van der Waals surface area contributed by atoms with Crippen molar-refractivity contribution in [3.05, 3.63) is 71.3 Å². The molecular formula is C25H31F3N2O2. The Bertz CT molecular complexity index is 892. The van der Waals surface area contributed by atoms with E-state index in [1.807, 2.05) is 58.0 Å². The van der Waals surface area contributed by atoms with Gasteiger partial charge in [0.05, 0.1) is 5.56 Å². The summed E-state index contributed by atoms with van der Waals surface area (Å²) in [6.07, 6.45) is -4.03. The molecule has 0 radical (unpaired) electrons. The summed E-state index contributed by atoms with van der Waals surface area (Å²) in [7, 11) is 0. The van der Waals surface area contributed by atoms with Gasteiger partial charge in [0, 0.05) is 31.7 Å². The second-order valence-electron chi connectivity index (χ2n) is 9.34. The normalized spacial score (nSPS) is 19.0. The van der Waals surface area contributed by atoms with Crippen LogP contribution < -0.4 is 0 Å². The highest BCUT2D eigenvalue weighted by atomic mass is 19.4. The maximum atomic E-state index is 13.1. The van der Waals surface area contributed by atoms with Gasteiger partial charge in [-0.2, -0.15) is 13.2 Å². The third kappa shape index (κ3) is 6.25. The van der Waals surface area contributed by atoms with E-state index >= 15 is 0 Å². The van der Waals surface area contributed by atoms with E-state index in [-0.39, 0.29) is 18.2 Å². The second kappa shape index (κ2) is 9.53. The third-order valence-electron chi connectivity index (χ3n) is 5.63. The Kier molecular flexibility index (Phi) is 7.18. The Morgan fingerprint density at radius 1 is 1.03 bits per heavy atom. The molecule has 7 heteroatoms. The van der Waals surface area contributed by atoms with Crippen LogP contribution in [0.4, 0.5) is 18.0 Å². The number of halogens is 3. The molecule has 3 rings (SSSR count). The van der Waals surface area contributed by atoms with E-state index in [2.05, 4.69) is 4.90 Å². The van der Waals surface area contributed by atoms with Crippen LogP contribution in [-0.4, -0.2) is 47.2 Å². The Morgan fingerprint density at radius 2 is 1.66 bits per heavy atom. The summed E-state index contributed by atoms with van der Waals surface area (Å²) < 4.78 is 44.7. The third-order valence-corrected chi connectivity index (χ3v) is 5.63. The minimum absolute atomic E-state index is 0.0206. The lowest BCUT2D eigenvalue weighted by atomic mass is 9.94. The van der Waals surface area contributed by atoms with E-state index in [1.165, 1.54) is 0 Å². The zero-order chi connectivity index (χ0) is 23.5. The molecule has 0 aromatic heterocycles. The Labute approximate surface area is 188 Å². The van der Waals surface area contributed by atoms with Crippen LogP contribution in [0.1, 0.15) is 50.4 Å². The van der Waals surface area contributed by atoms with Gasteiger partial charge < -0.3 is 9.64 Å². The van der Waals surface area contributed by atoms with Crippen molar-refractivity contribution in [2.45, 2.75) is 58.0 Å². The summed E-state index contributed by atoms with van der Waals surface area (Å²) in [6.45, 7) is 9.17. The number of piperazine rings is 1. The van der Waals surface area contributed by atoms with Gasteiger partial charge in [0.25, 0.3) is 0 Å². The topological polar surface area (TPSA) is 32.8 Å². The van der Waals surface area contributed by atoms with Crippen molar-refractivity contribution in [3.63, 3.8) is 0 Å². The molecule has 0 aliphatic carbocycles. The molecule has 0 N–H and O–H groups in total. The van der Waals surface area contributed by atoms with Crippen LogP contribution >= 0.6 is 0 Å². The molecule has 0 bridgehead atoms. The Hall–Kier alpha value is -2.54. The first-order valence-electron chi connectivity index (χ1n) is 10.9. The van der Waals surface area contributed by atoms with Crippen molar-refractivity contribution in [2.24, 2.45) is 0 Å². The number of ether oxygens (including phenoxy) is 1. The maximum Gasteiger partial charge on any atom is 0.416 e. The molecule has 2 atom stereocenters. The van der Waals surface area contributed by atoms with Gasteiger partial charge in [0.2, 0.25) is 0 Å². The van der Waals surface area contributed by atoms with E-state index in [4.69, 9.17) is 4.74 Å². The standard InChI is InChI=1S/C25H31F3N2O2/c1-18-17-29(23(31)32-24(2,3)4)14-15-30(18)22(16-19-8-6-5-7-9-19)20-10-12-21(13-11-20)25(26,27)28/h5-13,18,22H,14-17H2,1-4H3/t18-,22+/m0/s1. The van der Waals surface area contributed by atoms with Crippen molar-refractivity contribution in [1.82, 2.24) is 9.80 Å². The van der Waals surface area contributed by atoms with Crippen molar-refractivity contribution < 1.29 is 22.7 Å². The number of alkyl halides is 3. The van der Waals surface area contributed by atoms with Crippen molar-refractivity contribution in [2.75, 3.05) is 19.6 Å². The summed E-state index contributed by atoms with van der Waals surface area (Å²) in [5, 5.41) is 0. The molecule has 1 saturated heterocycles. The fourth-order valence-electron chi connectivity index (χ4n) is 4.09. The first-order valence-corrected chi connectivity index (χ1v) is 10.9. The first-order chi connectivity index (χ1) is 14.9. The monoisotopic (exact) mass is 448 g/mol. The molecule has 0 saturated carbocycles. The Balaban J connectivity index is 1.82. The molecule has 0 spiro atoms. The number of rotatable bonds is 4. The number of carbonyl (C=O) groups is 1. The minimum atomic E-state index is -4.36. The summed E-state index contributed by atoms with van der Waals surface area (Å²) in [6, 6.07) is 15.3. The molecule has 1 aliphatic heterocycles. The van der Waals surface area contributed by atoms with Gasteiger partial charge in [-0.25, -0.2) is 4.79 Å². The molecular weight excluding hydrogens is 417 g/mol. The highest BCUT2D eigenvalue weighted by Crippen LogP contribution is 2.33.